The average Bonchev–Trinajstić information content (AvgIpc) is 2.54. The third kappa shape index (κ3) is 5.27. The fourth-order valence-electron chi connectivity index (χ4n) is 2.34. The second-order valence-electron chi connectivity index (χ2n) is 5.40. The highest BCUT2D eigenvalue weighted by atomic mass is 19.1. The Morgan fingerprint density at radius 1 is 1.12 bits per heavy atom. The molecule has 2 amide bonds. The van der Waals surface area contributed by atoms with Crippen molar-refractivity contribution in [3.05, 3.63) is 59.7 Å². The number of anilines is 1. The summed E-state index contributed by atoms with van der Waals surface area (Å²) in [5, 5.41) is 5.16. The van der Waals surface area contributed by atoms with Crippen molar-refractivity contribution in [2.45, 2.75) is 19.4 Å². The maximum absolute atomic E-state index is 14.0. The number of benzene rings is 2. The summed E-state index contributed by atoms with van der Waals surface area (Å²) < 4.78 is 32.1. The number of carbonyl (C=O) groups excluding carboxylic acids is 2. The molecule has 0 aliphatic heterocycles. The average molecular weight is 348 g/mol. The number of hydrogen-bond donors (Lipinski definition) is 2. The molecular formula is C18H18F2N2O3. The minimum atomic E-state index is -0.906. The van der Waals surface area contributed by atoms with Gasteiger partial charge in [-0.1, -0.05) is 6.07 Å². The number of rotatable bonds is 6. The molecule has 1 atom stereocenters. The molecular weight excluding hydrogens is 330 g/mol. The predicted molar refractivity (Wildman–Crippen MR) is 89.2 cm³/mol. The van der Waals surface area contributed by atoms with E-state index >= 15 is 0 Å². The van der Waals surface area contributed by atoms with Crippen LogP contribution in [-0.4, -0.2) is 18.9 Å². The van der Waals surface area contributed by atoms with Gasteiger partial charge in [-0.05, 0) is 30.3 Å². The van der Waals surface area contributed by atoms with Crippen molar-refractivity contribution in [1.82, 2.24) is 5.32 Å². The third-order valence-electron chi connectivity index (χ3n) is 3.48. The summed E-state index contributed by atoms with van der Waals surface area (Å²) in [6, 6.07) is 8.77. The molecule has 5 nitrogen and oxygen atoms in total. The van der Waals surface area contributed by atoms with Crippen LogP contribution >= 0.6 is 0 Å². The maximum Gasteiger partial charge on any atom is 0.226 e. The van der Waals surface area contributed by atoms with Crippen molar-refractivity contribution in [3.63, 3.8) is 0 Å². The highest BCUT2D eigenvalue weighted by Gasteiger charge is 2.21. The number of nitrogens with one attached hydrogen (secondary N) is 2. The van der Waals surface area contributed by atoms with E-state index in [1.54, 1.807) is 24.3 Å². The van der Waals surface area contributed by atoms with Crippen LogP contribution in [0.3, 0.4) is 0 Å². The van der Waals surface area contributed by atoms with Crippen LogP contribution in [0.4, 0.5) is 14.5 Å². The van der Waals surface area contributed by atoms with E-state index in [9.17, 15) is 18.4 Å². The Morgan fingerprint density at radius 2 is 1.80 bits per heavy atom. The van der Waals surface area contributed by atoms with Crippen molar-refractivity contribution in [3.8, 4) is 5.75 Å². The third-order valence-corrected chi connectivity index (χ3v) is 3.48. The van der Waals surface area contributed by atoms with E-state index in [-0.39, 0.29) is 12.0 Å². The van der Waals surface area contributed by atoms with Crippen LogP contribution in [-0.2, 0) is 9.59 Å². The molecule has 0 fully saturated rings. The standard InChI is InChI=1S/C18H18F2N2O3/c1-11(23)21-17(15-8-3-12(19)9-16(15)20)10-18(24)22-13-4-6-14(25-2)7-5-13/h3-9,17H,10H2,1-2H3,(H,21,23)(H,22,24). The molecule has 0 aliphatic rings. The summed E-state index contributed by atoms with van der Waals surface area (Å²) in [5.74, 6) is -1.76. The number of hydrogen-bond acceptors (Lipinski definition) is 3. The lowest BCUT2D eigenvalue weighted by Crippen LogP contribution is -2.30. The summed E-state index contributed by atoms with van der Waals surface area (Å²) in [6.45, 7) is 1.26. The van der Waals surface area contributed by atoms with Gasteiger partial charge in [0.2, 0.25) is 11.8 Å². The molecule has 0 spiro atoms. The molecule has 132 valence electrons. The van der Waals surface area contributed by atoms with Crippen LogP contribution in [0.1, 0.15) is 24.9 Å². The Hall–Kier alpha value is -2.96. The van der Waals surface area contributed by atoms with Crippen LogP contribution < -0.4 is 15.4 Å². The van der Waals surface area contributed by atoms with E-state index in [1.165, 1.54) is 20.1 Å². The topological polar surface area (TPSA) is 67.4 Å². The number of methoxy groups -OCH3 is 1. The van der Waals surface area contributed by atoms with Crippen LogP contribution in [0, 0.1) is 11.6 Å². The van der Waals surface area contributed by atoms with Gasteiger partial charge in [0.15, 0.2) is 0 Å². The lowest BCUT2D eigenvalue weighted by molar-refractivity contribution is -0.120. The molecule has 7 heteroatoms. The van der Waals surface area contributed by atoms with Gasteiger partial charge in [0.25, 0.3) is 0 Å². The highest BCUT2D eigenvalue weighted by Crippen LogP contribution is 2.22. The zero-order valence-electron chi connectivity index (χ0n) is 13.8. The van der Waals surface area contributed by atoms with Gasteiger partial charge in [-0.2, -0.15) is 0 Å². The lowest BCUT2D eigenvalue weighted by atomic mass is 10.0. The van der Waals surface area contributed by atoms with Gasteiger partial charge >= 0.3 is 0 Å². The molecule has 2 aromatic rings. The molecule has 25 heavy (non-hydrogen) atoms. The summed E-state index contributed by atoms with van der Waals surface area (Å²) in [6.07, 6.45) is -0.200. The normalized spacial score (nSPS) is 11.5. The Kier molecular flexibility index (Phi) is 6.05. The molecule has 0 bridgehead atoms. The second-order valence-corrected chi connectivity index (χ2v) is 5.40. The number of ether oxygens (including phenoxy) is 1. The van der Waals surface area contributed by atoms with Gasteiger partial charge in [-0.15, -0.1) is 0 Å². The Morgan fingerprint density at radius 3 is 2.36 bits per heavy atom. The van der Waals surface area contributed by atoms with E-state index in [0.29, 0.717) is 17.5 Å². The minimum Gasteiger partial charge on any atom is -0.497 e. The summed E-state index contributed by atoms with van der Waals surface area (Å²) in [5.41, 5.74) is 0.577. The molecule has 1 unspecified atom stereocenters. The highest BCUT2D eigenvalue weighted by molar-refractivity contribution is 5.91. The Labute approximate surface area is 144 Å². The summed E-state index contributed by atoms with van der Waals surface area (Å²) in [4.78, 5) is 23.6. The van der Waals surface area contributed by atoms with Crippen molar-refractivity contribution >= 4 is 17.5 Å². The van der Waals surface area contributed by atoms with E-state index in [4.69, 9.17) is 4.74 Å². The fourth-order valence-corrected chi connectivity index (χ4v) is 2.34. The van der Waals surface area contributed by atoms with Crippen molar-refractivity contribution < 1.29 is 23.1 Å². The zero-order chi connectivity index (χ0) is 18.4. The van der Waals surface area contributed by atoms with Crippen molar-refractivity contribution in [2.24, 2.45) is 0 Å². The van der Waals surface area contributed by atoms with E-state index in [1.807, 2.05) is 0 Å². The van der Waals surface area contributed by atoms with Crippen molar-refractivity contribution in [1.29, 1.82) is 0 Å². The molecule has 2 rings (SSSR count). The first-order chi connectivity index (χ1) is 11.9. The number of halogens is 2. The molecule has 0 aromatic heterocycles. The monoisotopic (exact) mass is 348 g/mol. The second kappa shape index (κ2) is 8.23. The summed E-state index contributed by atoms with van der Waals surface area (Å²) in [7, 11) is 1.53. The molecule has 2 aromatic carbocycles. The van der Waals surface area contributed by atoms with Gasteiger partial charge in [-0.3, -0.25) is 9.59 Å². The molecule has 2 N–H and O–H groups in total. The van der Waals surface area contributed by atoms with Crippen LogP contribution in [0.5, 0.6) is 5.75 Å². The molecule has 0 heterocycles. The SMILES string of the molecule is COc1ccc(NC(=O)CC(NC(C)=O)c2ccc(F)cc2F)cc1. The first kappa shape index (κ1) is 18.4. The smallest absolute Gasteiger partial charge is 0.226 e. The van der Waals surface area contributed by atoms with Gasteiger partial charge in [0.1, 0.15) is 17.4 Å². The summed E-state index contributed by atoms with van der Waals surface area (Å²) >= 11 is 0. The van der Waals surface area contributed by atoms with E-state index in [0.717, 1.165) is 6.07 Å². The molecule has 0 radical (unpaired) electrons. The first-order valence-corrected chi connectivity index (χ1v) is 7.55. The van der Waals surface area contributed by atoms with E-state index < -0.39 is 29.5 Å². The quantitative estimate of drug-likeness (QED) is 0.843. The molecule has 0 aliphatic carbocycles. The minimum absolute atomic E-state index is 0.0430. The Bertz CT molecular complexity index is 763. The predicted octanol–water partition coefficient (Wildman–Crippen LogP) is 3.18. The Balaban J connectivity index is 2.12. The van der Waals surface area contributed by atoms with Gasteiger partial charge in [0.05, 0.1) is 19.6 Å². The largest absolute Gasteiger partial charge is 0.497 e. The van der Waals surface area contributed by atoms with Gasteiger partial charge < -0.3 is 15.4 Å². The molecule has 0 saturated carbocycles. The molecule has 0 saturated heterocycles. The van der Waals surface area contributed by atoms with Crippen molar-refractivity contribution in [2.75, 3.05) is 12.4 Å². The maximum atomic E-state index is 14.0. The first-order valence-electron chi connectivity index (χ1n) is 7.55. The van der Waals surface area contributed by atoms with Crippen LogP contribution in [0.2, 0.25) is 0 Å². The van der Waals surface area contributed by atoms with Gasteiger partial charge in [0, 0.05) is 24.2 Å². The van der Waals surface area contributed by atoms with E-state index in [2.05, 4.69) is 10.6 Å². The number of amides is 2. The van der Waals surface area contributed by atoms with Gasteiger partial charge in [-0.25, -0.2) is 8.78 Å². The number of carbonyl (C=O) groups is 2. The lowest BCUT2D eigenvalue weighted by Gasteiger charge is -2.19. The van der Waals surface area contributed by atoms with Crippen LogP contribution in [0.15, 0.2) is 42.5 Å². The zero-order valence-corrected chi connectivity index (χ0v) is 13.8. The van der Waals surface area contributed by atoms with Crippen LogP contribution in [0.25, 0.3) is 0 Å². The fraction of sp³-hybridized carbons (Fsp3) is 0.222.